The zero-order valence-corrected chi connectivity index (χ0v) is 16.0. The van der Waals surface area contributed by atoms with Gasteiger partial charge in [0.15, 0.2) is 0 Å². The van der Waals surface area contributed by atoms with Gasteiger partial charge < -0.3 is 9.84 Å². The Balaban J connectivity index is 0.000000215. The third-order valence-corrected chi connectivity index (χ3v) is 4.22. The van der Waals surface area contributed by atoms with E-state index in [9.17, 15) is 30.3 Å². The maximum absolute atomic E-state index is 10.4. The number of phenolic OH excluding ortho intramolecular Hbond substituents is 1. The normalized spacial score (nSPS) is 10.1. The quantitative estimate of drug-likeness (QED) is 0.470. The van der Waals surface area contributed by atoms with Gasteiger partial charge in [0.2, 0.25) is 0 Å². The first kappa shape index (κ1) is 22.0. The van der Waals surface area contributed by atoms with Gasteiger partial charge in [-0.15, -0.1) is 0 Å². The van der Waals surface area contributed by atoms with Crippen LogP contribution in [0.2, 0.25) is 0 Å². The molecule has 11 heteroatoms. The molecule has 156 valence electrons. The fraction of sp³-hybridized carbons (Fsp3) is 0.158. The number of phenols is 1. The molecule has 11 nitrogen and oxygen atoms in total. The summed E-state index contributed by atoms with van der Waals surface area (Å²) in [5.41, 5.74) is -1.63. The summed E-state index contributed by atoms with van der Waals surface area (Å²) < 4.78 is 5.22. The molecule has 3 aromatic carbocycles. The van der Waals surface area contributed by atoms with E-state index in [-0.39, 0.29) is 0 Å². The highest BCUT2D eigenvalue weighted by atomic mass is 16.6. The van der Waals surface area contributed by atoms with E-state index in [0.717, 1.165) is 12.2 Å². The number of aromatic hydroxyl groups is 1. The number of non-ortho nitro benzene ring substituents is 1. The van der Waals surface area contributed by atoms with Crippen LogP contribution in [0.25, 0.3) is 10.8 Å². The molecule has 0 aliphatic carbocycles. The Labute approximate surface area is 169 Å². The van der Waals surface area contributed by atoms with Crippen LogP contribution in [0.1, 0.15) is 12.5 Å². The average molecular weight is 415 g/mol. The van der Waals surface area contributed by atoms with Crippen molar-refractivity contribution in [2.75, 3.05) is 7.11 Å². The van der Waals surface area contributed by atoms with Crippen molar-refractivity contribution in [1.29, 1.82) is 0 Å². The second-order valence-electron chi connectivity index (χ2n) is 5.96. The van der Waals surface area contributed by atoms with Crippen molar-refractivity contribution in [2.24, 2.45) is 0 Å². The number of ether oxygens (including phenoxy) is 1. The van der Waals surface area contributed by atoms with Gasteiger partial charge in [-0.25, -0.2) is 0 Å². The third-order valence-electron chi connectivity index (χ3n) is 4.22. The summed E-state index contributed by atoms with van der Waals surface area (Å²) in [6, 6.07) is 13.5. The average Bonchev–Trinajstić information content (AvgIpc) is 2.72. The van der Waals surface area contributed by atoms with E-state index < -0.39 is 37.6 Å². The number of nitro groups is 3. The highest BCUT2D eigenvalue weighted by molar-refractivity contribution is 5.87. The minimum absolute atomic E-state index is 0.447. The molecule has 0 heterocycles. The fourth-order valence-corrected chi connectivity index (χ4v) is 2.73. The SMILES string of the molecule is CCc1cccc2ccc(OC)cc12.O=[N+]([O-])c1cc([N+](=O)[O-])c(O)c([N+](=O)[O-])c1. The number of rotatable bonds is 5. The van der Waals surface area contributed by atoms with E-state index in [1.165, 1.54) is 16.3 Å². The number of fused-ring (bicyclic) bond motifs is 1. The summed E-state index contributed by atoms with van der Waals surface area (Å²) in [6.07, 6.45) is 1.06. The van der Waals surface area contributed by atoms with Gasteiger partial charge in [-0.3, -0.25) is 30.3 Å². The van der Waals surface area contributed by atoms with E-state index in [0.29, 0.717) is 12.1 Å². The highest BCUT2D eigenvalue weighted by Crippen LogP contribution is 2.38. The highest BCUT2D eigenvalue weighted by Gasteiger charge is 2.30. The van der Waals surface area contributed by atoms with E-state index in [2.05, 4.69) is 37.3 Å². The van der Waals surface area contributed by atoms with Crippen molar-refractivity contribution < 1.29 is 24.6 Å². The summed E-state index contributed by atoms with van der Waals surface area (Å²) in [6.45, 7) is 2.17. The Bertz CT molecular complexity index is 1090. The molecule has 0 spiro atoms. The molecule has 0 fully saturated rings. The molecule has 0 aliphatic heterocycles. The Hall–Kier alpha value is -4.28. The third kappa shape index (κ3) is 4.76. The van der Waals surface area contributed by atoms with Gasteiger partial charge in [0, 0.05) is 0 Å². The molecule has 0 atom stereocenters. The minimum atomic E-state index is -1.21. The molecule has 3 rings (SSSR count). The summed E-state index contributed by atoms with van der Waals surface area (Å²) in [4.78, 5) is 27.8. The van der Waals surface area contributed by atoms with Gasteiger partial charge in [0.1, 0.15) is 5.75 Å². The molecule has 0 radical (unpaired) electrons. The first-order chi connectivity index (χ1) is 14.2. The first-order valence-corrected chi connectivity index (χ1v) is 8.55. The van der Waals surface area contributed by atoms with Crippen LogP contribution in [-0.4, -0.2) is 27.0 Å². The Morgan fingerprint density at radius 2 is 1.50 bits per heavy atom. The fourth-order valence-electron chi connectivity index (χ4n) is 2.73. The number of hydrogen-bond donors (Lipinski definition) is 1. The molecule has 0 saturated carbocycles. The molecule has 0 aromatic heterocycles. The lowest BCUT2D eigenvalue weighted by Gasteiger charge is -2.06. The van der Waals surface area contributed by atoms with Crippen LogP contribution in [0.4, 0.5) is 17.1 Å². The second-order valence-corrected chi connectivity index (χ2v) is 5.96. The van der Waals surface area contributed by atoms with Gasteiger partial charge in [0.25, 0.3) is 11.4 Å². The van der Waals surface area contributed by atoms with E-state index in [4.69, 9.17) is 9.84 Å². The second kappa shape index (κ2) is 9.28. The van der Waals surface area contributed by atoms with Crippen LogP contribution in [0, 0.1) is 30.3 Å². The molecule has 30 heavy (non-hydrogen) atoms. The number of nitro benzene ring substituents is 3. The van der Waals surface area contributed by atoms with E-state index in [1.807, 2.05) is 6.07 Å². The van der Waals surface area contributed by atoms with Gasteiger partial charge in [-0.1, -0.05) is 31.2 Å². The number of hydrogen-bond acceptors (Lipinski definition) is 8. The van der Waals surface area contributed by atoms with E-state index >= 15 is 0 Å². The summed E-state index contributed by atoms with van der Waals surface area (Å²) >= 11 is 0. The van der Waals surface area contributed by atoms with Gasteiger partial charge in [-0.05, 0) is 34.9 Å². The van der Waals surface area contributed by atoms with E-state index in [1.54, 1.807) is 7.11 Å². The smallest absolute Gasteiger partial charge is 0.324 e. The molecule has 3 aromatic rings. The molecule has 0 amide bonds. The zero-order chi connectivity index (χ0) is 22.4. The molecule has 0 unspecified atom stereocenters. The summed E-state index contributed by atoms with van der Waals surface area (Å²) in [5.74, 6) is -0.279. The largest absolute Gasteiger partial charge is 0.497 e. The van der Waals surface area contributed by atoms with Gasteiger partial charge in [0.05, 0.1) is 34.0 Å². The van der Waals surface area contributed by atoms with Crippen LogP contribution < -0.4 is 4.74 Å². The number of methoxy groups -OCH3 is 1. The number of nitrogens with zero attached hydrogens (tertiary/aromatic N) is 3. The minimum Gasteiger partial charge on any atom is -0.497 e. The molecular weight excluding hydrogens is 398 g/mol. The maximum atomic E-state index is 10.4. The standard InChI is InChI=1S/C13H14O.C6H3N3O7/c1-3-10-5-4-6-11-7-8-12(14-2)9-13(10)11;10-6-4(8(13)14)1-3(7(11)12)2-5(6)9(15)16/h4-9H,3H2,1-2H3;1-2,10H. The Kier molecular flexibility index (Phi) is 6.81. The molecule has 0 bridgehead atoms. The lowest BCUT2D eigenvalue weighted by molar-refractivity contribution is -0.404. The predicted molar refractivity (Wildman–Crippen MR) is 108 cm³/mol. The number of benzene rings is 3. The monoisotopic (exact) mass is 415 g/mol. The number of aryl methyl sites for hydroxylation is 1. The topological polar surface area (TPSA) is 159 Å². The first-order valence-electron chi connectivity index (χ1n) is 8.55. The van der Waals surface area contributed by atoms with Crippen molar-refractivity contribution in [3.8, 4) is 11.5 Å². The van der Waals surface area contributed by atoms with Crippen molar-refractivity contribution in [3.05, 3.63) is 84.4 Å². The zero-order valence-electron chi connectivity index (χ0n) is 16.0. The summed E-state index contributed by atoms with van der Waals surface area (Å²) in [7, 11) is 1.70. The van der Waals surface area contributed by atoms with Crippen molar-refractivity contribution in [1.82, 2.24) is 0 Å². The lowest BCUT2D eigenvalue weighted by atomic mass is 10.0. The summed E-state index contributed by atoms with van der Waals surface area (Å²) in [5, 5.41) is 42.8. The van der Waals surface area contributed by atoms with Crippen molar-refractivity contribution >= 4 is 27.8 Å². The molecule has 0 saturated heterocycles. The van der Waals surface area contributed by atoms with Crippen LogP contribution >= 0.6 is 0 Å². The van der Waals surface area contributed by atoms with Crippen LogP contribution in [0.5, 0.6) is 11.5 Å². The molecular formula is C19H17N3O8. The van der Waals surface area contributed by atoms with Crippen molar-refractivity contribution in [2.45, 2.75) is 13.3 Å². The Morgan fingerprint density at radius 3 is 1.97 bits per heavy atom. The maximum Gasteiger partial charge on any atom is 0.324 e. The van der Waals surface area contributed by atoms with Crippen LogP contribution in [0.3, 0.4) is 0 Å². The predicted octanol–water partition coefficient (Wildman–Crippen LogP) is 4.53. The Morgan fingerprint density at radius 1 is 0.900 bits per heavy atom. The van der Waals surface area contributed by atoms with Gasteiger partial charge in [-0.2, -0.15) is 0 Å². The molecule has 0 aliphatic rings. The lowest BCUT2D eigenvalue weighted by Crippen LogP contribution is -1.97. The molecule has 1 N–H and O–H groups in total. The van der Waals surface area contributed by atoms with Gasteiger partial charge >= 0.3 is 11.4 Å². The van der Waals surface area contributed by atoms with Crippen LogP contribution in [-0.2, 0) is 6.42 Å². The van der Waals surface area contributed by atoms with Crippen LogP contribution in [0.15, 0.2) is 48.5 Å². The van der Waals surface area contributed by atoms with Crippen molar-refractivity contribution in [3.63, 3.8) is 0 Å².